The second-order valence-electron chi connectivity index (χ2n) is 9.43. The van der Waals surface area contributed by atoms with Crippen molar-refractivity contribution >= 4 is 50.0 Å². The molecule has 1 atom stereocenters. The molecule has 8 nitrogen and oxygen atoms in total. The predicted octanol–water partition coefficient (Wildman–Crippen LogP) is 7.15. The number of thiazole rings is 1. The van der Waals surface area contributed by atoms with E-state index in [9.17, 15) is 14.7 Å². The Kier molecular flexibility index (Phi) is 7.63. The summed E-state index contributed by atoms with van der Waals surface area (Å²) in [6.07, 6.45) is 2.24. The number of furan rings is 1. The van der Waals surface area contributed by atoms with Gasteiger partial charge in [-0.25, -0.2) is 4.98 Å². The molecule has 3 heterocycles. The van der Waals surface area contributed by atoms with Crippen molar-refractivity contribution in [1.29, 1.82) is 0 Å². The number of anilines is 1. The van der Waals surface area contributed by atoms with Crippen LogP contribution in [0.5, 0.6) is 11.5 Å². The normalized spacial score (nSPS) is 15.6. The Morgan fingerprint density at radius 1 is 1.18 bits per heavy atom. The predicted molar refractivity (Wildman–Crippen MR) is 150 cm³/mol. The Morgan fingerprint density at radius 2 is 2.00 bits per heavy atom. The van der Waals surface area contributed by atoms with Gasteiger partial charge in [-0.15, -0.1) is 0 Å². The third-order valence-electron chi connectivity index (χ3n) is 6.28. The highest BCUT2D eigenvalue weighted by Crippen LogP contribution is 2.46. The first-order valence-corrected chi connectivity index (χ1v) is 13.8. The van der Waals surface area contributed by atoms with E-state index < -0.39 is 23.5 Å². The lowest BCUT2D eigenvalue weighted by molar-refractivity contribution is -0.117. The summed E-state index contributed by atoms with van der Waals surface area (Å²) in [7, 11) is 0. The number of ketones is 1. The number of nitrogens with zero attached hydrogens (tertiary/aromatic N) is 2. The molecule has 1 amide bonds. The highest BCUT2D eigenvalue weighted by molar-refractivity contribution is 7.22. The zero-order valence-electron chi connectivity index (χ0n) is 21.6. The van der Waals surface area contributed by atoms with E-state index in [1.54, 1.807) is 42.5 Å². The Morgan fingerprint density at radius 3 is 2.72 bits per heavy atom. The average molecular weight is 567 g/mol. The number of aliphatic hydroxyl groups excluding tert-OH is 1. The molecule has 1 aliphatic rings. The fraction of sp³-hybridized carbons (Fsp3) is 0.276. The second kappa shape index (κ2) is 11.1. The summed E-state index contributed by atoms with van der Waals surface area (Å²) < 4.78 is 18.0. The van der Waals surface area contributed by atoms with E-state index in [2.05, 4.69) is 18.8 Å². The number of Topliss-reactive ketones (excluding diaryl/α,β-unsaturated/α-hetero) is 1. The zero-order chi connectivity index (χ0) is 27.7. The van der Waals surface area contributed by atoms with Crippen molar-refractivity contribution in [2.75, 3.05) is 18.1 Å². The molecule has 39 heavy (non-hydrogen) atoms. The minimum absolute atomic E-state index is 0.00551. The van der Waals surface area contributed by atoms with Gasteiger partial charge in [0, 0.05) is 5.02 Å². The van der Waals surface area contributed by atoms with Crippen LogP contribution >= 0.6 is 22.9 Å². The standard InChI is InChI=1S/C29H27ClN2O6S/c1-4-36-22-14-17(7-10-20(22)38-13-11-16(2)3)25-24(26(33)21-6-5-12-37-21)27(34)28(35)32(25)29-31-19-9-8-18(30)15-23(19)39-29/h5-10,12,14-16,25,34H,4,11,13H2,1-3H3. The maximum atomic E-state index is 13.5. The van der Waals surface area contributed by atoms with Gasteiger partial charge in [-0.3, -0.25) is 14.5 Å². The molecule has 1 N–H and O–H groups in total. The Balaban J connectivity index is 1.62. The van der Waals surface area contributed by atoms with Crippen LogP contribution in [0.3, 0.4) is 0 Å². The lowest BCUT2D eigenvalue weighted by Gasteiger charge is -2.25. The molecular weight excluding hydrogens is 540 g/mol. The van der Waals surface area contributed by atoms with Crippen LogP contribution in [0.15, 0.2) is 70.5 Å². The van der Waals surface area contributed by atoms with Crippen molar-refractivity contribution in [2.45, 2.75) is 33.2 Å². The summed E-state index contributed by atoms with van der Waals surface area (Å²) in [6.45, 7) is 7.00. The van der Waals surface area contributed by atoms with Gasteiger partial charge in [0.15, 0.2) is 28.1 Å². The van der Waals surface area contributed by atoms with Crippen molar-refractivity contribution in [3.8, 4) is 11.5 Å². The monoisotopic (exact) mass is 566 g/mol. The van der Waals surface area contributed by atoms with E-state index in [1.165, 1.54) is 28.6 Å². The van der Waals surface area contributed by atoms with E-state index in [1.807, 2.05) is 6.92 Å². The number of halogens is 1. The summed E-state index contributed by atoms with van der Waals surface area (Å²) in [5.74, 6) is -0.491. The van der Waals surface area contributed by atoms with Crippen LogP contribution in [0.4, 0.5) is 5.13 Å². The number of carbonyl (C=O) groups excluding carboxylic acids is 2. The van der Waals surface area contributed by atoms with Gasteiger partial charge >= 0.3 is 0 Å². The van der Waals surface area contributed by atoms with Crippen molar-refractivity contribution in [3.63, 3.8) is 0 Å². The molecule has 2 aromatic heterocycles. The molecule has 1 unspecified atom stereocenters. The van der Waals surface area contributed by atoms with Crippen molar-refractivity contribution < 1.29 is 28.6 Å². The molecule has 202 valence electrons. The molecule has 4 aromatic rings. The lowest BCUT2D eigenvalue weighted by Crippen LogP contribution is -2.31. The third-order valence-corrected chi connectivity index (χ3v) is 7.53. The Hall–Kier alpha value is -3.82. The lowest BCUT2D eigenvalue weighted by atomic mass is 9.95. The quantitative estimate of drug-likeness (QED) is 0.203. The second-order valence-corrected chi connectivity index (χ2v) is 10.9. The Bertz CT molecular complexity index is 1560. The topological polar surface area (TPSA) is 102 Å². The van der Waals surface area contributed by atoms with Crippen LogP contribution in [-0.4, -0.2) is 35.0 Å². The number of carbonyl (C=O) groups is 2. The zero-order valence-corrected chi connectivity index (χ0v) is 23.2. The molecule has 2 aromatic carbocycles. The van der Waals surface area contributed by atoms with Crippen LogP contribution in [-0.2, 0) is 4.79 Å². The first kappa shape index (κ1) is 26.8. The number of rotatable bonds is 10. The maximum Gasteiger partial charge on any atom is 0.296 e. The molecule has 0 fully saturated rings. The van der Waals surface area contributed by atoms with E-state index in [0.29, 0.717) is 51.9 Å². The molecule has 0 bridgehead atoms. The first-order valence-electron chi connectivity index (χ1n) is 12.6. The minimum Gasteiger partial charge on any atom is -0.503 e. The number of hydrogen-bond acceptors (Lipinski definition) is 8. The highest BCUT2D eigenvalue weighted by atomic mass is 35.5. The number of aliphatic hydroxyl groups is 1. The van der Waals surface area contributed by atoms with E-state index in [4.69, 9.17) is 25.5 Å². The van der Waals surface area contributed by atoms with Crippen LogP contribution in [0.1, 0.15) is 49.4 Å². The Labute approximate surface area is 234 Å². The summed E-state index contributed by atoms with van der Waals surface area (Å²) >= 11 is 7.41. The van der Waals surface area contributed by atoms with E-state index in [-0.39, 0.29) is 11.3 Å². The van der Waals surface area contributed by atoms with Crippen molar-refractivity contribution in [3.05, 3.63) is 82.5 Å². The largest absolute Gasteiger partial charge is 0.503 e. The summed E-state index contributed by atoms with van der Waals surface area (Å²) in [5.41, 5.74) is 1.07. The van der Waals surface area contributed by atoms with Crippen LogP contribution in [0, 0.1) is 5.92 Å². The molecule has 10 heteroatoms. The number of hydrogen-bond donors (Lipinski definition) is 1. The van der Waals surface area contributed by atoms with Crippen LogP contribution in [0.25, 0.3) is 10.2 Å². The van der Waals surface area contributed by atoms with Crippen LogP contribution in [0.2, 0.25) is 5.02 Å². The number of amides is 1. The van der Waals surface area contributed by atoms with Gasteiger partial charge < -0.3 is 19.0 Å². The third kappa shape index (κ3) is 5.24. The molecule has 0 saturated carbocycles. The smallest absolute Gasteiger partial charge is 0.296 e. The number of benzene rings is 2. The van der Waals surface area contributed by atoms with Gasteiger partial charge in [0.1, 0.15) is 0 Å². The van der Waals surface area contributed by atoms with Gasteiger partial charge in [0.25, 0.3) is 5.91 Å². The summed E-state index contributed by atoms with van der Waals surface area (Å²) in [6, 6.07) is 12.5. The molecule has 5 rings (SSSR count). The van der Waals surface area contributed by atoms with E-state index >= 15 is 0 Å². The molecular formula is C29H27ClN2O6S. The average Bonchev–Trinajstić information content (AvgIpc) is 3.63. The molecule has 0 saturated heterocycles. The van der Waals surface area contributed by atoms with Crippen LogP contribution < -0.4 is 14.4 Å². The van der Waals surface area contributed by atoms with Gasteiger partial charge in [-0.1, -0.05) is 42.9 Å². The van der Waals surface area contributed by atoms with Gasteiger partial charge in [0.2, 0.25) is 5.78 Å². The summed E-state index contributed by atoms with van der Waals surface area (Å²) in [4.78, 5) is 33.0. The fourth-order valence-electron chi connectivity index (χ4n) is 4.37. The first-order chi connectivity index (χ1) is 18.8. The molecule has 0 radical (unpaired) electrons. The maximum absolute atomic E-state index is 13.5. The summed E-state index contributed by atoms with van der Waals surface area (Å²) in [5, 5.41) is 11.9. The highest BCUT2D eigenvalue weighted by Gasteiger charge is 2.46. The SMILES string of the molecule is CCOc1cc(C2C(C(=O)c3ccco3)=C(O)C(=O)N2c2nc3ccc(Cl)cc3s2)ccc1OCCC(C)C. The van der Waals surface area contributed by atoms with Crippen molar-refractivity contribution in [2.24, 2.45) is 5.92 Å². The van der Waals surface area contributed by atoms with E-state index in [0.717, 1.165) is 11.1 Å². The molecule has 1 aliphatic heterocycles. The molecule has 0 spiro atoms. The number of ether oxygens (including phenoxy) is 2. The van der Waals surface area contributed by atoms with Gasteiger partial charge in [0.05, 0.1) is 41.3 Å². The fourth-order valence-corrected chi connectivity index (χ4v) is 5.63. The number of aromatic nitrogens is 1. The van der Waals surface area contributed by atoms with Crippen molar-refractivity contribution in [1.82, 2.24) is 4.98 Å². The number of fused-ring (bicyclic) bond motifs is 1. The van der Waals surface area contributed by atoms with Gasteiger partial charge in [-0.05, 0) is 67.3 Å². The minimum atomic E-state index is -0.991. The molecule has 0 aliphatic carbocycles. The van der Waals surface area contributed by atoms with Gasteiger partial charge in [-0.2, -0.15) is 0 Å².